The van der Waals surface area contributed by atoms with Gasteiger partial charge in [0.15, 0.2) is 0 Å². The van der Waals surface area contributed by atoms with E-state index in [1.54, 1.807) is 12.1 Å². The average Bonchev–Trinajstić information content (AvgIpc) is 3.25. The highest BCUT2D eigenvalue weighted by molar-refractivity contribution is 6.33. The molecule has 1 atom stereocenters. The average molecular weight is 408 g/mol. The van der Waals surface area contributed by atoms with Gasteiger partial charge in [-0.25, -0.2) is 9.59 Å². The van der Waals surface area contributed by atoms with Crippen molar-refractivity contribution in [2.24, 2.45) is 11.3 Å². The van der Waals surface area contributed by atoms with E-state index in [-0.39, 0.29) is 11.7 Å². The normalized spacial score (nSPS) is 20.9. The summed E-state index contributed by atoms with van der Waals surface area (Å²) in [5.74, 6) is -0.253. The molecule has 1 aromatic rings. The van der Waals surface area contributed by atoms with E-state index in [1.807, 2.05) is 31.7 Å². The summed E-state index contributed by atoms with van der Waals surface area (Å²) in [5.41, 5.74) is 1.22. The summed E-state index contributed by atoms with van der Waals surface area (Å²) >= 11 is 6.05. The highest BCUT2D eigenvalue weighted by Crippen LogP contribution is 2.61. The smallest absolute Gasteiger partial charge is 0.410 e. The lowest BCUT2D eigenvalue weighted by molar-refractivity contribution is 0.0164. The molecule has 1 saturated carbocycles. The number of rotatable bonds is 5. The predicted molar refractivity (Wildman–Crippen MR) is 109 cm³/mol. The van der Waals surface area contributed by atoms with Gasteiger partial charge >= 0.3 is 12.1 Å². The number of hydrogen-bond donors (Lipinski definition) is 1. The van der Waals surface area contributed by atoms with Crippen molar-refractivity contribution in [3.8, 4) is 0 Å². The van der Waals surface area contributed by atoms with E-state index < -0.39 is 11.6 Å². The first kappa shape index (κ1) is 21.0. The van der Waals surface area contributed by atoms with Crippen molar-refractivity contribution in [1.29, 1.82) is 0 Å². The first-order chi connectivity index (χ1) is 13.1. The Balaban J connectivity index is 1.41. The van der Waals surface area contributed by atoms with Crippen molar-refractivity contribution in [3.05, 3.63) is 34.3 Å². The largest absolute Gasteiger partial charge is 0.478 e. The molecule has 0 aromatic heterocycles. The molecule has 1 spiro atoms. The van der Waals surface area contributed by atoms with Crippen LogP contribution in [0.25, 0.3) is 0 Å². The zero-order chi connectivity index (χ0) is 20.5. The number of benzene rings is 1. The second-order valence-electron chi connectivity index (χ2n) is 9.24. The van der Waals surface area contributed by atoms with Crippen LogP contribution in [0.5, 0.6) is 0 Å². The summed E-state index contributed by atoms with van der Waals surface area (Å²) in [6.07, 6.45) is 6.35. The molecule has 28 heavy (non-hydrogen) atoms. The third-order valence-electron chi connectivity index (χ3n) is 6.05. The van der Waals surface area contributed by atoms with E-state index in [2.05, 4.69) is 0 Å². The number of likely N-dealkylation sites (tertiary alicyclic amines) is 1. The van der Waals surface area contributed by atoms with Crippen LogP contribution in [0.1, 0.15) is 68.8 Å². The number of aryl methyl sites for hydroxylation is 1. The highest BCUT2D eigenvalue weighted by Gasteiger charge is 2.54. The van der Waals surface area contributed by atoms with Gasteiger partial charge in [0.1, 0.15) is 5.60 Å². The summed E-state index contributed by atoms with van der Waals surface area (Å²) in [6.45, 7) is 7.27. The van der Waals surface area contributed by atoms with Gasteiger partial charge in [-0.2, -0.15) is 0 Å². The Morgan fingerprint density at radius 3 is 2.54 bits per heavy atom. The van der Waals surface area contributed by atoms with Crippen molar-refractivity contribution in [2.45, 2.75) is 64.9 Å². The number of piperidine rings is 1. The summed E-state index contributed by atoms with van der Waals surface area (Å²) in [6, 6.07) is 5.22. The molecule has 1 aromatic carbocycles. The number of carboxylic acid groups (broad SMARTS) is 1. The number of ether oxygens (including phenoxy) is 1. The molecule has 0 radical (unpaired) electrons. The zero-order valence-electron chi connectivity index (χ0n) is 17.0. The third-order valence-corrected chi connectivity index (χ3v) is 6.36. The maximum atomic E-state index is 12.2. The number of carbonyl (C=O) groups is 2. The summed E-state index contributed by atoms with van der Waals surface area (Å²) in [4.78, 5) is 25.1. The van der Waals surface area contributed by atoms with Gasteiger partial charge in [-0.05, 0) is 88.3 Å². The van der Waals surface area contributed by atoms with Crippen LogP contribution in [0.2, 0.25) is 5.02 Å². The number of halogens is 1. The van der Waals surface area contributed by atoms with Crippen LogP contribution >= 0.6 is 11.6 Å². The molecule has 0 unspecified atom stereocenters. The minimum Gasteiger partial charge on any atom is -0.478 e. The first-order valence-corrected chi connectivity index (χ1v) is 10.5. The van der Waals surface area contributed by atoms with E-state index in [9.17, 15) is 9.59 Å². The number of carbonyl (C=O) groups excluding carboxylic acids is 1. The lowest BCUT2D eigenvalue weighted by Crippen LogP contribution is -2.42. The minimum atomic E-state index is -0.991. The Hall–Kier alpha value is -1.75. The molecule has 1 aliphatic carbocycles. The first-order valence-electron chi connectivity index (χ1n) is 10.1. The monoisotopic (exact) mass is 407 g/mol. The fourth-order valence-electron chi connectivity index (χ4n) is 4.35. The topological polar surface area (TPSA) is 66.8 Å². The molecule has 5 nitrogen and oxygen atoms in total. The van der Waals surface area contributed by atoms with E-state index in [1.165, 1.54) is 12.8 Å². The minimum absolute atomic E-state index is 0.156. The Morgan fingerprint density at radius 1 is 1.29 bits per heavy atom. The summed E-state index contributed by atoms with van der Waals surface area (Å²) in [5, 5.41) is 9.35. The molecule has 6 heteroatoms. The number of hydrogen-bond acceptors (Lipinski definition) is 3. The van der Waals surface area contributed by atoms with E-state index in [4.69, 9.17) is 21.4 Å². The SMILES string of the molecule is CC(C)(C)OC(=O)N1CCC2(CC1)C[C@H]2CCCc1ccc(C(=O)O)c(Cl)c1. The second kappa shape index (κ2) is 7.94. The van der Waals surface area contributed by atoms with Gasteiger partial charge in [0.05, 0.1) is 10.6 Å². The van der Waals surface area contributed by atoms with Crippen molar-refractivity contribution in [1.82, 2.24) is 4.90 Å². The predicted octanol–water partition coefficient (Wildman–Crippen LogP) is 5.40. The number of carboxylic acids is 1. The highest BCUT2D eigenvalue weighted by atomic mass is 35.5. The van der Waals surface area contributed by atoms with Gasteiger partial charge in [0.2, 0.25) is 0 Å². The molecule has 3 rings (SSSR count). The Labute approximate surface area is 172 Å². The van der Waals surface area contributed by atoms with Crippen LogP contribution in [0.15, 0.2) is 18.2 Å². The van der Waals surface area contributed by atoms with Gasteiger partial charge in [-0.3, -0.25) is 0 Å². The quantitative estimate of drug-likeness (QED) is 0.709. The molecule has 1 N–H and O–H groups in total. The van der Waals surface area contributed by atoms with Crippen molar-refractivity contribution >= 4 is 23.7 Å². The lowest BCUT2D eigenvalue weighted by Gasteiger charge is -2.34. The molecular formula is C22H30ClNO4. The van der Waals surface area contributed by atoms with E-state index in [0.29, 0.717) is 10.4 Å². The molecular weight excluding hydrogens is 378 g/mol. The molecule has 1 aliphatic heterocycles. The Bertz CT molecular complexity index is 747. The maximum Gasteiger partial charge on any atom is 0.410 e. The molecule has 2 aliphatic rings. The summed E-state index contributed by atoms with van der Waals surface area (Å²) in [7, 11) is 0. The van der Waals surface area contributed by atoms with Gasteiger partial charge in [0.25, 0.3) is 0 Å². The molecule has 1 amide bonds. The zero-order valence-corrected chi connectivity index (χ0v) is 17.7. The standard InChI is InChI=1S/C22H30ClNO4/c1-21(2,3)28-20(27)24-11-9-22(10-12-24)14-16(22)6-4-5-15-7-8-17(19(25)26)18(23)13-15/h7-8,13,16H,4-6,9-12,14H2,1-3H3,(H,25,26)/t16-/m1/s1. The Kier molecular flexibility index (Phi) is 5.95. The Morgan fingerprint density at radius 2 is 1.96 bits per heavy atom. The van der Waals surface area contributed by atoms with Crippen molar-refractivity contribution in [2.75, 3.05) is 13.1 Å². The fourth-order valence-corrected chi connectivity index (χ4v) is 4.64. The van der Waals surface area contributed by atoms with Crippen LogP contribution in [-0.2, 0) is 11.2 Å². The number of nitrogens with zero attached hydrogens (tertiary/aromatic N) is 1. The third kappa shape index (κ3) is 4.99. The molecule has 2 fully saturated rings. The van der Waals surface area contributed by atoms with Crippen LogP contribution in [0, 0.1) is 11.3 Å². The van der Waals surface area contributed by atoms with Crippen LogP contribution in [0.4, 0.5) is 4.79 Å². The van der Waals surface area contributed by atoms with Crippen LogP contribution in [0.3, 0.4) is 0 Å². The molecule has 1 saturated heterocycles. The van der Waals surface area contributed by atoms with Crippen molar-refractivity contribution in [3.63, 3.8) is 0 Å². The lowest BCUT2D eigenvalue weighted by atomic mass is 9.89. The molecule has 0 bridgehead atoms. The number of amides is 1. The fraction of sp³-hybridized carbons (Fsp3) is 0.636. The van der Waals surface area contributed by atoms with Crippen LogP contribution in [-0.4, -0.2) is 40.8 Å². The van der Waals surface area contributed by atoms with Gasteiger partial charge < -0.3 is 14.7 Å². The van der Waals surface area contributed by atoms with Gasteiger partial charge in [-0.15, -0.1) is 0 Å². The molecule has 1 heterocycles. The molecule has 154 valence electrons. The van der Waals surface area contributed by atoms with Crippen molar-refractivity contribution < 1.29 is 19.4 Å². The van der Waals surface area contributed by atoms with Crippen LogP contribution < -0.4 is 0 Å². The maximum absolute atomic E-state index is 12.2. The number of aromatic carboxylic acids is 1. The summed E-state index contributed by atoms with van der Waals surface area (Å²) < 4.78 is 5.48. The van der Waals surface area contributed by atoms with Gasteiger partial charge in [0, 0.05) is 13.1 Å². The van der Waals surface area contributed by atoms with E-state index in [0.717, 1.165) is 50.3 Å². The second-order valence-corrected chi connectivity index (χ2v) is 9.65. The van der Waals surface area contributed by atoms with Gasteiger partial charge in [-0.1, -0.05) is 17.7 Å². The van der Waals surface area contributed by atoms with E-state index >= 15 is 0 Å².